The second-order valence-corrected chi connectivity index (χ2v) is 28.8. The molecule has 23 heteroatoms. The summed E-state index contributed by atoms with van der Waals surface area (Å²) in [6.07, 6.45) is 3.25. The minimum absolute atomic E-state index is 0.0304. The number of allylic oxidation sites excluding steroid dienone is 2. The van der Waals surface area contributed by atoms with Gasteiger partial charge in [0.2, 0.25) is 59.1 Å². The van der Waals surface area contributed by atoms with Crippen molar-refractivity contribution in [3.8, 4) is 0 Å². The highest BCUT2D eigenvalue weighted by Gasteiger charge is 2.45. The van der Waals surface area contributed by atoms with Crippen molar-refractivity contribution in [3.63, 3.8) is 0 Å². The van der Waals surface area contributed by atoms with E-state index in [0.29, 0.717) is 17.2 Å². The van der Waals surface area contributed by atoms with Gasteiger partial charge < -0.3 is 55.4 Å². The minimum Gasteiger partial charge on any atom is -0.390 e. The molecule has 0 fully saturated rings. The molecule has 1 aliphatic heterocycles. The normalized spacial score (nSPS) is 25.7. The number of nitrogens with one attached hydrogen (secondary N) is 3. The van der Waals surface area contributed by atoms with Crippen molar-refractivity contribution in [2.45, 2.75) is 229 Å². The van der Waals surface area contributed by atoms with E-state index >= 15 is 14.4 Å². The van der Waals surface area contributed by atoms with Crippen LogP contribution in [0.2, 0.25) is 0 Å². The van der Waals surface area contributed by atoms with Crippen LogP contribution in [-0.4, -0.2) is 226 Å². The summed E-state index contributed by atoms with van der Waals surface area (Å²) in [5.41, 5.74) is 0.951. The highest BCUT2D eigenvalue weighted by molar-refractivity contribution is 8.13. The van der Waals surface area contributed by atoms with Crippen LogP contribution >= 0.6 is 11.8 Å². The molecular weight excluding hydrogens is 1190 g/mol. The summed E-state index contributed by atoms with van der Waals surface area (Å²) in [5, 5.41) is 21.4. The Morgan fingerprint density at radius 3 is 1.48 bits per heavy atom. The van der Waals surface area contributed by atoms with Gasteiger partial charge in [-0.1, -0.05) is 139 Å². The topological polar surface area (TPSA) is 262 Å². The maximum atomic E-state index is 15.3. The summed E-state index contributed by atoms with van der Waals surface area (Å²) in [7, 11) is 10.2. The number of rotatable bonds is 17. The highest BCUT2D eigenvalue weighted by atomic mass is 32.2. The van der Waals surface area contributed by atoms with Gasteiger partial charge in [-0.3, -0.25) is 52.9 Å². The van der Waals surface area contributed by atoms with Gasteiger partial charge in [-0.2, -0.15) is 0 Å². The Kier molecular flexibility index (Phi) is 33.9. The lowest BCUT2D eigenvalue weighted by Crippen LogP contribution is -2.63. The number of hydrogen-bond donors (Lipinski definition) is 4. The van der Waals surface area contributed by atoms with Gasteiger partial charge in [0, 0.05) is 55.1 Å². The van der Waals surface area contributed by atoms with Crippen molar-refractivity contribution < 1.29 is 53.1 Å². The second kappa shape index (κ2) is 38.1. The third-order valence-corrected chi connectivity index (χ3v) is 18.5. The lowest BCUT2D eigenvalue weighted by atomic mass is 9.91. The van der Waals surface area contributed by atoms with Crippen LogP contribution in [0.15, 0.2) is 47.5 Å². The number of carbonyl (C=O) groups is 10. The highest BCUT2D eigenvalue weighted by Crippen LogP contribution is 2.27. The number of aliphatic hydroxyl groups excluding tert-OH is 1. The van der Waals surface area contributed by atoms with Crippen molar-refractivity contribution in [2.75, 3.05) is 55.9 Å². The van der Waals surface area contributed by atoms with Gasteiger partial charge in [0.1, 0.15) is 54.4 Å². The smallest absolute Gasteiger partial charge is 0.247 e. The lowest BCUT2D eigenvalue weighted by Gasteiger charge is -2.41. The first-order chi connectivity index (χ1) is 42.8. The summed E-state index contributed by atoms with van der Waals surface area (Å²) in [6.45, 7) is 30.3. The zero-order valence-corrected chi connectivity index (χ0v) is 60.9. The molecule has 0 bridgehead atoms. The zero-order valence-electron chi connectivity index (χ0n) is 60.1. The Labute approximate surface area is 555 Å². The number of nitrogens with zero attached hydrogens (tertiary/aromatic N) is 8. The van der Waals surface area contributed by atoms with Gasteiger partial charge in [0.25, 0.3) is 0 Å². The fourth-order valence-corrected chi connectivity index (χ4v) is 12.6. The number of amides is 10. The molecular formula is C69H117N11O11S. The van der Waals surface area contributed by atoms with E-state index in [9.17, 15) is 38.7 Å². The summed E-state index contributed by atoms with van der Waals surface area (Å²) in [5.74, 6) is -7.87. The predicted molar refractivity (Wildman–Crippen MR) is 365 cm³/mol. The summed E-state index contributed by atoms with van der Waals surface area (Å²) in [6, 6.07) is -1.94. The summed E-state index contributed by atoms with van der Waals surface area (Å²) < 4.78 is 0. The molecule has 0 radical (unpaired) electrons. The molecule has 4 N–H and O–H groups in total. The summed E-state index contributed by atoms with van der Waals surface area (Å²) >= 11 is 1.33. The fourth-order valence-electron chi connectivity index (χ4n) is 11.5. The van der Waals surface area contributed by atoms with Crippen molar-refractivity contribution in [1.82, 2.24) is 50.2 Å². The molecule has 0 aromatic heterocycles. The average Bonchev–Trinajstić information content (AvgIpc) is 0.812. The van der Waals surface area contributed by atoms with Crippen LogP contribution in [0.4, 0.5) is 0 Å². The first-order valence-corrected chi connectivity index (χ1v) is 34.0. The Balaban J connectivity index is 3.10. The molecule has 22 nitrogen and oxygen atoms in total. The van der Waals surface area contributed by atoms with E-state index in [2.05, 4.69) is 16.0 Å². The van der Waals surface area contributed by atoms with Gasteiger partial charge in [0.15, 0.2) is 0 Å². The van der Waals surface area contributed by atoms with Crippen LogP contribution in [0.5, 0.6) is 0 Å². The Bertz CT molecular complexity index is 2690. The summed E-state index contributed by atoms with van der Waals surface area (Å²) in [4.78, 5) is 163. The number of aliphatic imine (C=N–C) groups is 1. The van der Waals surface area contributed by atoms with Crippen LogP contribution in [0.3, 0.4) is 0 Å². The third kappa shape index (κ3) is 23.3. The van der Waals surface area contributed by atoms with Crippen LogP contribution in [-0.2, 0) is 53.7 Å². The monoisotopic (exact) mass is 1310 g/mol. The van der Waals surface area contributed by atoms with E-state index < -0.39 is 150 Å². The molecule has 10 amide bonds. The van der Waals surface area contributed by atoms with Crippen molar-refractivity contribution >= 4 is 75.9 Å². The standard InChI is InChI=1S/C69H117N11O11S/c1-25-27-31-46(15)59(82)58-62(85)72-50(26-2)65(87)74(18)38-55(81)75(19)51(34-40(3)4)61(84)73-56(44(11)12)68(90)76(20)52(35-41(5)6)60(83)70-47(16)63(92-39-49-32-29-28-30-33-49)71-48(17)64(86)77(21)53(36-42(7)8)66(88)78(22)54(37-43(9)10)67(89)79(23)57(45(13)14)69(91)80(58)24/h25,27-30,32-33,40-48,50-54,56-59,82H,26,31,34-39H2,1-24H3,(H,70,83)(H,72,85)(H,73,84)/b27-25+,71-63?/t46-,47+,48-,50+,51+,52+,53+,54+,56+,57+,58+,59-/m1/s1. The van der Waals surface area contributed by atoms with E-state index in [0.717, 1.165) is 15.4 Å². The van der Waals surface area contributed by atoms with E-state index in [-0.39, 0.29) is 55.8 Å². The number of thioether (sulfide) groups is 1. The number of aliphatic hydroxyl groups is 1. The number of likely N-dealkylation sites (N-methyl/N-ethyl adjacent to an activating group) is 7. The molecule has 1 heterocycles. The van der Waals surface area contributed by atoms with Gasteiger partial charge in [0.05, 0.1) is 23.7 Å². The van der Waals surface area contributed by atoms with Gasteiger partial charge in [-0.05, 0) is 106 Å². The van der Waals surface area contributed by atoms with Crippen molar-refractivity contribution in [3.05, 3.63) is 48.0 Å². The molecule has 0 saturated carbocycles. The van der Waals surface area contributed by atoms with Crippen LogP contribution < -0.4 is 16.0 Å². The van der Waals surface area contributed by atoms with Crippen LogP contribution in [0.25, 0.3) is 0 Å². The minimum atomic E-state index is -1.60. The molecule has 12 atom stereocenters. The molecule has 1 aliphatic rings. The molecule has 1 aromatic carbocycles. The molecule has 0 saturated heterocycles. The van der Waals surface area contributed by atoms with Gasteiger partial charge in [-0.25, -0.2) is 0 Å². The largest absolute Gasteiger partial charge is 0.390 e. The molecule has 2 rings (SSSR count). The number of benzene rings is 1. The molecule has 92 heavy (non-hydrogen) atoms. The molecule has 0 aliphatic carbocycles. The van der Waals surface area contributed by atoms with E-state index in [1.807, 2.05) is 98.7 Å². The van der Waals surface area contributed by atoms with Crippen molar-refractivity contribution in [1.29, 1.82) is 0 Å². The van der Waals surface area contributed by atoms with Crippen LogP contribution in [0, 0.1) is 41.4 Å². The fraction of sp³-hybridized carbons (Fsp3) is 0.725. The Morgan fingerprint density at radius 1 is 0.543 bits per heavy atom. The van der Waals surface area contributed by atoms with Gasteiger partial charge >= 0.3 is 0 Å². The Hall–Kier alpha value is -6.36. The van der Waals surface area contributed by atoms with E-state index in [1.165, 1.54) is 85.6 Å². The molecule has 1 aromatic rings. The third-order valence-electron chi connectivity index (χ3n) is 17.2. The van der Waals surface area contributed by atoms with E-state index in [1.54, 1.807) is 61.5 Å². The molecule has 520 valence electrons. The maximum absolute atomic E-state index is 15.3. The average molecular weight is 1310 g/mol. The second-order valence-electron chi connectivity index (χ2n) is 27.8. The zero-order chi connectivity index (χ0) is 70.5. The molecule has 0 spiro atoms. The molecule has 0 unspecified atom stereocenters. The number of hydrogen-bond acceptors (Lipinski definition) is 13. The first-order valence-electron chi connectivity index (χ1n) is 33.1. The van der Waals surface area contributed by atoms with Crippen molar-refractivity contribution in [2.24, 2.45) is 46.4 Å². The first kappa shape index (κ1) is 81.7. The van der Waals surface area contributed by atoms with Gasteiger partial charge in [-0.15, -0.1) is 11.8 Å². The lowest BCUT2D eigenvalue weighted by molar-refractivity contribution is -0.157. The number of carbonyl (C=O) groups excluding carboxylic acids is 10. The predicted octanol–water partition coefficient (Wildman–Crippen LogP) is 6.48. The van der Waals surface area contributed by atoms with E-state index in [4.69, 9.17) is 4.99 Å². The SMILES string of the molecule is C/C=C/C[C@@H](C)[C@@H](O)[C@H]1C(=O)N[C@@H](CC)C(=O)N(C)CC(=O)N(C)[C@@H](CC(C)C)C(=O)N[C@@H](C(C)C)C(=O)N(C)[C@@H](CC(C)C)C(=O)N[C@@H](C)C(SCc2ccccc2)=N[C@H](C)C(=O)N(C)[C@@H](CC(C)C)C(=O)N(C)[C@@H](CC(C)C)C(=O)N(C)[C@@H](C(C)C)C(=O)N1C. The quantitative estimate of drug-likeness (QED) is 0.122. The Morgan fingerprint density at radius 2 is 1.00 bits per heavy atom. The maximum Gasteiger partial charge on any atom is 0.247 e. The van der Waals surface area contributed by atoms with Crippen LogP contribution in [0.1, 0.15) is 162 Å².